The Morgan fingerprint density at radius 2 is 1.69 bits per heavy atom. The number of aromatic nitrogens is 1. The summed E-state index contributed by atoms with van der Waals surface area (Å²) in [6.07, 6.45) is 13.8. The molecule has 2 nitrogen and oxygen atoms in total. The first kappa shape index (κ1) is 13.0. The maximum atomic E-state index is 10.1. The number of nitrogens with one attached hydrogen (secondary N) is 1. The predicted octanol–water partition coefficient (Wildman–Crippen LogP) is 3.88. The molecule has 0 aliphatic heterocycles. The van der Waals surface area contributed by atoms with Crippen molar-refractivity contribution in [3.05, 3.63) is 24.0 Å². The topological polar surface area (TPSA) is 32.9 Å². The van der Waals surface area contributed by atoms with Crippen LogP contribution in [0.5, 0.6) is 0 Å². The molecule has 0 fully saturated rings. The number of aromatic amines is 1. The van der Waals surface area contributed by atoms with E-state index in [1.807, 2.05) is 6.20 Å². The third kappa shape index (κ3) is 6.44. The summed E-state index contributed by atoms with van der Waals surface area (Å²) in [6.45, 7) is 0. The molecule has 0 saturated carbocycles. The van der Waals surface area contributed by atoms with Crippen molar-refractivity contribution < 1.29 is 4.79 Å². The number of carbonyl (C=O) groups excluding carboxylic acids is 1. The van der Waals surface area contributed by atoms with Gasteiger partial charge in [-0.1, -0.05) is 32.1 Å². The lowest BCUT2D eigenvalue weighted by molar-refractivity contribution is -0.107. The summed E-state index contributed by atoms with van der Waals surface area (Å²) < 4.78 is 0. The van der Waals surface area contributed by atoms with Gasteiger partial charge in [0, 0.05) is 18.3 Å². The van der Waals surface area contributed by atoms with Crippen molar-refractivity contribution in [2.75, 3.05) is 0 Å². The average molecular weight is 221 g/mol. The highest BCUT2D eigenvalue weighted by Gasteiger charge is 1.94. The molecule has 0 amide bonds. The summed E-state index contributed by atoms with van der Waals surface area (Å²) in [5.41, 5.74) is 1.35. The second kappa shape index (κ2) is 9.20. The molecule has 0 saturated heterocycles. The third-order valence-corrected chi connectivity index (χ3v) is 2.93. The van der Waals surface area contributed by atoms with E-state index in [4.69, 9.17) is 0 Å². The van der Waals surface area contributed by atoms with Gasteiger partial charge in [-0.2, -0.15) is 0 Å². The second-order valence-electron chi connectivity index (χ2n) is 4.38. The van der Waals surface area contributed by atoms with E-state index in [1.165, 1.54) is 50.6 Å². The van der Waals surface area contributed by atoms with E-state index < -0.39 is 0 Å². The van der Waals surface area contributed by atoms with Crippen LogP contribution in [0.3, 0.4) is 0 Å². The van der Waals surface area contributed by atoms with E-state index >= 15 is 0 Å². The number of hydrogen-bond acceptors (Lipinski definition) is 1. The highest BCUT2D eigenvalue weighted by atomic mass is 16.1. The monoisotopic (exact) mass is 221 g/mol. The molecule has 1 aromatic heterocycles. The summed E-state index contributed by atoms with van der Waals surface area (Å²) >= 11 is 0. The summed E-state index contributed by atoms with van der Waals surface area (Å²) in [4.78, 5) is 13.3. The van der Waals surface area contributed by atoms with Crippen LogP contribution in [0.1, 0.15) is 57.1 Å². The van der Waals surface area contributed by atoms with Gasteiger partial charge in [0.2, 0.25) is 0 Å². The van der Waals surface area contributed by atoms with Gasteiger partial charge >= 0.3 is 0 Å². The average Bonchev–Trinajstić information content (AvgIpc) is 2.80. The first-order chi connectivity index (χ1) is 7.93. The van der Waals surface area contributed by atoms with Crippen LogP contribution in [0.15, 0.2) is 18.3 Å². The minimum absolute atomic E-state index is 0.743. The predicted molar refractivity (Wildman–Crippen MR) is 67.5 cm³/mol. The van der Waals surface area contributed by atoms with Gasteiger partial charge in [0.25, 0.3) is 0 Å². The highest BCUT2D eigenvalue weighted by molar-refractivity contribution is 5.48. The Bertz CT molecular complexity index is 254. The molecular formula is C14H23NO. The van der Waals surface area contributed by atoms with E-state index in [9.17, 15) is 4.79 Å². The van der Waals surface area contributed by atoms with Gasteiger partial charge < -0.3 is 9.78 Å². The van der Waals surface area contributed by atoms with Crippen molar-refractivity contribution in [2.45, 2.75) is 57.8 Å². The fourth-order valence-electron chi connectivity index (χ4n) is 1.95. The summed E-state index contributed by atoms with van der Waals surface area (Å²) in [6, 6.07) is 4.21. The van der Waals surface area contributed by atoms with Crippen LogP contribution in [0.25, 0.3) is 0 Å². The molecule has 0 aliphatic rings. The van der Waals surface area contributed by atoms with Crippen molar-refractivity contribution in [1.29, 1.82) is 0 Å². The van der Waals surface area contributed by atoms with Gasteiger partial charge in [-0.15, -0.1) is 0 Å². The SMILES string of the molecule is O=CCCCCCCCCCc1ccc[nH]1. The molecule has 0 spiro atoms. The zero-order chi connectivity index (χ0) is 11.5. The van der Waals surface area contributed by atoms with Crippen molar-refractivity contribution in [3.8, 4) is 0 Å². The minimum atomic E-state index is 0.743. The zero-order valence-corrected chi connectivity index (χ0v) is 10.1. The molecule has 1 N–H and O–H groups in total. The van der Waals surface area contributed by atoms with Gasteiger partial charge in [-0.05, 0) is 31.4 Å². The number of hydrogen-bond donors (Lipinski definition) is 1. The van der Waals surface area contributed by atoms with Gasteiger partial charge in [-0.3, -0.25) is 0 Å². The largest absolute Gasteiger partial charge is 0.365 e. The molecule has 1 aromatic rings. The molecule has 0 aliphatic carbocycles. The van der Waals surface area contributed by atoms with E-state index in [1.54, 1.807) is 0 Å². The Hall–Kier alpha value is -1.05. The Balaban J connectivity index is 1.80. The second-order valence-corrected chi connectivity index (χ2v) is 4.38. The molecule has 0 aromatic carbocycles. The Kier molecular flexibility index (Phi) is 7.48. The van der Waals surface area contributed by atoms with Gasteiger partial charge in [0.1, 0.15) is 6.29 Å². The van der Waals surface area contributed by atoms with Gasteiger partial charge in [0.05, 0.1) is 0 Å². The van der Waals surface area contributed by atoms with Gasteiger partial charge in [-0.25, -0.2) is 0 Å². The van der Waals surface area contributed by atoms with Gasteiger partial charge in [0.15, 0.2) is 0 Å². The number of aryl methyl sites for hydroxylation is 1. The van der Waals surface area contributed by atoms with Crippen molar-refractivity contribution in [1.82, 2.24) is 4.98 Å². The first-order valence-corrected chi connectivity index (χ1v) is 6.49. The molecule has 0 unspecified atom stereocenters. The molecule has 16 heavy (non-hydrogen) atoms. The van der Waals surface area contributed by atoms with Crippen molar-refractivity contribution >= 4 is 6.29 Å². The van der Waals surface area contributed by atoms with E-state index in [0.717, 1.165) is 19.1 Å². The Labute approximate surface area is 98.5 Å². The highest BCUT2D eigenvalue weighted by Crippen LogP contribution is 2.10. The standard InChI is InChI=1S/C14H23NO/c16-13-8-6-4-2-1-3-5-7-10-14-11-9-12-15-14/h9,11-13,15H,1-8,10H2. The minimum Gasteiger partial charge on any atom is -0.365 e. The molecular weight excluding hydrogens is 198 g/mol. The van der Waals surface area contributed by atoms with E-state index in [0.29, 0.717) is 0 Å². The molecule has 2 heteroatoms. The van der Waals surface area contributed by atoms with Crippen LogP contribution in [0.4, 0.5) is 0 Å². The summed E-state index contributed by atoms with van der Waals surface area (Å²) in [5, 5.41) is 0. The number of aldehydes is 1. The lowest BCUT2D eigenvalue weighted by Crippen LogP contribution is -1.86. The third-order valence-electron chi connectivity index (χ3n) is 2.93. The quantitative estimate of drug-likeness (QED) is 0.472. The zero-order valence-electron chi connectivity index (χ0n) is 10.1. The van der Waals surface area contributed by atoms with Crippen LogP contribution in [-0.4, -0.2) is 11.3 Å². The summed E-state index contributed by atoms with van der Waals surface area (Å²) in [5.74, 6) is 0. The first-order valence-electron chi connectivity index (χ1n) is 6.49. The number of carbonyl (C=O) groups is 1. The Morgan fingerprint density at radius 3 is 2.31 bits per heavy atom. The number of rotatable bonds is 10. The van der Waals surface area contributed by atoms with Crippen LogP contribution >= 0.6 is 0 Å². The van der Waals surface area contributed by atoms with Crippen LogP contribution in [0, 0.1) is 0 Å². The van der Waals surface area contributed by atoms with E-state index in [-0.39, 0.29) is 0 Å². The smallest absolute Gasteiger partial charge is 0.119 e. The molecule has 0 radical (unpaired) electrons. The molecule has 1 heterocycles. The van der Waals surface area contributed by atoms with Crippen LogP contribution in [0.2, 0.25) is 0 Å². The lowest BCUT2D eigenvalue weighted by Gasteiger charge is -2.00. The lowest BCUT2D eigenvalue weighted by atomic mass is 10.1. The fourth-order valence-corrected chi connectivity index (χ4v) is 1.95. The number of unbranched alkanes of at least 4 members (excludes halogenated alkanes) is 7. The van der Waals surface area contributed by atoms with Crippen LogP contribution < -0.4 is 0 Å². The normalized spacial score (nSPS) is 10.5. The molecule has 0 bridgehead atoms. The maximum absolute atomic E-state index is 10.1. The molecule has 1 rings (SSSR count). The van der Waals surface area contributed by atoms with Crippen molar-refractivity contribution in [2.24, 2.45) is 0 Å². The van der Waals surface area contributed by atoms with Crippen molar-refractivity contribution in [3.63, 3.8) is 0 Å². The fraction of sp³-hybridized carbons (Fsp3) is 0.643. The Morgan fingerprint density at radius 1 is 1.00 bits per heavy atom. The molecule has 0 atom stereocenters. The maximum Gasteiger partial charge on any atom is 0.119 e. The van der Waals surface area contributed by atoms with E-state index in [2.05, 4.69) is 17.1 Å². The molecule has 90 valence electrons. The van der Waals surface area contributed by atoms with Crippen LogP contribution in [-0.2, 0) is 11.2 Å². The summed E-state index contributed by atoms with van der Waals surface area (Å²) in [7, 11) is 0. The number of H-pyrrole nitrogens is 1.